The molecule has 0 aliphatic rings. The van der Waals surface area contributed by atoms with Gasteiger partial charge in [0, 0.05) is 17.3 Å². The molecule has 0 bridgehead atoms. The molecule has 1 atom stereocenters. The van der Waals surface area contributed by atoms with E-state index in [-0.39, 0.29) is 0 Å². The molecule has 2 N–H and O–H groups in total. The Bertz CT molecular complexity index is 698. The first-order valence-electron chi connectivity index (χ1n) is 6.41. The van der Waals surface area contributed by atoms with Crippen molar-refractivity contribution in [1.82, 2.24) is 9.55 Å². The summed E-state index contributed by atoms with van der Waals surface area (Å²) in [5.41, 5.74) is 9.40. The second-order valence-corrected chi connectivity index (χ2v) is 6.00. The highest BCUT2D eigenvalue weighted by Crippen LogP contribution is 2.26. The number of rotatable bonds is 3. The van der Waals surface area contributed by atoms with Gasteiger partial charge in [-0.2, -0.15) is 0 Å². The fourth-order valence-electron chi connectivity index (χ4n) is 2.50. The number of thiophene rings is 1. The van der Waals surface area contributed by atoms with E-state index in [1.54, 1.807) is 11.3 Å². The highest BCUT2D eigenvalue weighted by molar-refractivity contribution is 7.09. The van der Waals surface area contributed by atoms with Gasteiger partial charge < -0.3 is 10.3 Å². The molecule has 2 heterocycles. The van der Waals surface area contributed by atoms with Crippen molar-refractivity contribution in [3.8, 4) is 0 Å². The number of aryl methyl sites for hydroxylation is 1. The largest absolute Gasteiger partial charge is 0.369 e. The first-order valence-corrected chi connectivity index (χ1v) is 7.29. The molecule has 1 aromatic carbocycles. The molecule has 3 nitrogen and oxygen atoms in total. The molecule has 0 aliphatic heterocycles. The standard InChI is InChI=1S/C15H17N3S/c1-10-5-6-14-13(8-10)17-15(16)18(14)11(2)9-12-4-3-7-19-12/h3-8,11H,9H2,1-2H3,(H2,16,17). The molecule has 0 saturated heterocycles. The van der Waals surface area contributed by atoms with E-state index < -0.39 is 0 Å². The number of hydrogen-bond acceptors (Lipinski definition) is 3. The quantitative estimate of drug-likeness (QED) is 0.787. The van der Waals surface area contributed by atoms with Crippen LogP contribution in [0, 0.1) is 6.92 Å². The van der Waals surface area contributed by atoms with E-state index in [0.717, 1.165) is 17.5 Å². The van der Waals surface area contributed by atoms with Crippen molar-refractivity contribution >= 4 is 28.3 Å². The van der Waals surface area contributed by atoms with Crippen LogP contribution in [0.3, 0.4) is 0 Å². The van der Waals surface area contributed by atoms with Crippen LogP contribution in [0.15, 0.2) is 35.7 Å². The lowest BCUT2D eigenvalue weighted by molar-refractivity contribution is 0.571. The van der Waals surface area contributed by atoms with Crippen molar-refractivity contribution in [1.29, 1.82) is 0 Å². The van der Waals surface area contributed by atoms with E-state index in [1.165, 1.54) is 10.4 Å². The number of nitrogen functional groups attached to an aromatic ring is 1. The zero-order valence-electron chi connectivity index (χ0n) is 11.1. The minimum Gasteiger partial charge on any atom is -0.369 e. The van der Waals surface area contributed by atoms with Gasteiger partial charge in [-0.05, 0) is 43.0 Å². The summed E-state index contributed by atoms with van der Waals surface area (Å²) in [5, 5.41) is 2.11. The van der Waals surface area contributed by atoms with Gasteiger partial charge in [0.1, 0.15) is 0 Å². The van der Waals surface area contributed by atoms with E-state index in [9.17, 15) is 0 Å². The lowest BCUT2D eigenvalue weighted by Crippen LogP contribution is -2.10. The van der Waals surface area contributed by atoms with Gasteiger partial charge >= 0.3 is 0 Å². The van der Waals surface area contributed by atoms with E-state index in [2.05, 4.69) is 59.1 Å². The zero-order valence-corrected chi connectivity index (χ0v) is 11.9. The molecule has 98 valence electrons. The second kappa shape index (κ2) is 4.70. The Hall–Kier alpha value is -1.81. The third-order valence-electron chi connectivity index (χ3n) is 3.39. The predicted octanol–water partition coefficient (Wildman–Crippen LogP) is 3.79. The Labute approximate surface area is 116 Å². The van der Waals surface area contributed by atoms with Crippen LogP contribution in [0.5, 0.6) is 0 Å². The van der Waals surface area contributed by atoms with Gasteiger partial charge in [0.15, 0.2) is 0 Å². The SMILES string of the molecule is Cc1ccc2c(c1)nc(N)n2C(C)Cc1cccs1. The van der Waals surface area contributed by atoms with Crippen LogP contribution in [-0.2, 0) is 6.42 Å². The second-order valence-electron chi connectivity index (χ2n) is 4.96. The fraction of sp³-hybridized carbons (Fsp3) is 0.267. The van der Waals surface area contributed by atoms with Crippen molar-refractivity contribution in [3.05, 3.63) is 46.2 Å². The number of nitrogens with two attached hydrogens (primary N) is 1. The van der Waals surface area contributed by atoms with Crippen LogP contribution in [-0.4, -0.2) is 9.55 Å². The fourth-order valence-corrected chi connectivity index (χ4v) is 3.33. The van der Waals surface area contributed by atoms with E-state index >= 15 is 0 Å². The van der Waals surface area contributed by atoms with E-state index in [1.807, 2.05) is 0 Å². The Morgan fingerprint density at radius 2 is 2.21 bits per heavy atom. The normalized spacial score (nSPS) is 12.9. The number of hydrogen-bond donors (Lipinski definition) is 1. The Kier molecular flexibility index (Phi) is 3.03. The van der Waals surface area contributed by atoms with Crippen LogP contribution in [0.4, 0.5) is 5.95 Å². The number of imidazole rings is 1. The third-order valence-corrected chi connectivity index (χ3v) is 4.29. The number of nitrogens with zero attached hydrogens (tertiary/aromatic N) is 2. The van der Waals surface area contributed by atoms with Crippen LogP contribution in [0.25, 0.3) is 11.0 Å². The van der Waals surface area contributed by atoms with Crippen LogP contribution in [0.2, 0.25) is 0 Å². The van der Waals surface area contributed by atoms with Crippen LogP contribution in [0.1, 0.15) is 23.4 Å². The minimum absolute atomic E-state index is 0.311. The summed E-state index contributed by atoms with van der Waals surface area (Å²) < 4.78 is 2.13. The average molecular weight is 271 g/mol. The van der Waals surface area contributed by atoms with Crippen molar-refractivity contribution in [2.24, 2.45) is 0 Å². The Morgan fingerprint density at radius 1 is 1.37 bits per heavy atom. The molecule has 0 aliphatic carbocycles. The molecule has 0 fully saturated rings. The number of benzene rings is 1. The minimum atomic E-state index is 0.311. The summed E-state index contributed by atoms with van der Waals surface area (Å²) in [6, 6.07) is 10.9. The molecule has 3 rings (SSSR count). The summed E-state index contributed by atoms with van der Waals surface area (Å²) >= 11 is 1.79. The zero-order chi connectivity index (χ0) is 13.4. The molecule has 0 spiro atoms. The summed E-state index contributed by atoms with van der Waals surface area (Å²) in [5.74, 6) is 0.602. The molecule has 4 heteroatoms. The number of fused-ring (bicyclic) bond motifs is 1. The van der Waals surface area contributed by atoms with Crippen molar-refractivity contribution in [3.63, 3.8) is 0 Å². The van der Waals surface area contributed by atoms with E-state index in [0.29, 0.717) is 12.0 Å². The highest BCUT2D eigenvalue weighted by atomic mass is 32.1. The molecule has 1 unspecified atom stereocenters. The number of anilines is 1. The topological polar surface area (TPSA) is 43.8 Å². The molecule has 0 saturated carbocycles. The first kappa shape index (κ1) is 12.2. The van der Waals surface area contributed by atoms with Crippen molar-refractivity contribution < 1.29 is 0 Å². The van der Waals surface area contributed by atoms with Gasteiger partial charge in [0.05, 0.1) is 11.0 Å². The molecule has 0 amide bonds. The molecule has 19 heavy (non-hydrogen) atoms. The lowest BCUT2D eigenvalue weighted by atomic mass is 10.2. The summed E-state index contributed by atoms with van der Waals surface area (Å²) in [6.45, 7) is 4.26. The summed E-state index contributed by atoms with van der Waals surface area (Å²) in [6.07, 6.45) is 0.987. The summed E-state index contributed by atoms with van der Waals surface area (Å²) in [4.78, 5) is 5.84. The maximum atomic E-state index is 6.09. The van der Waals surface area contributed by atoms with Gasteiger partial charge in [0.25, 0.3) is 0 Å². The average Bonchev–Trinajstić information content (AvgIpc) is 2.95. The van der Waals surface area contributed by atoms with Crippen LogP contribution >= 0.6 is 11.3 Å². The Balaban J connectivity index is 2.01. The van der Waals surface area contributed by atoms with Gasteiger partial charge in [-0.1, -0.05) is 12.1 Å². The van der Waals surface area contributed by atoms with E-state index in [4.69, 9.17) is 5.73 Å². The molecule has 2 aromatic heterocycles. The predicted molar refractivity (Wildman–Crippen MR) is 81.6 cm³/mol. The maximum absolute atomic E-state index is 6.09. The molecule has 3 aromatic rings. The number of aromatic nitrogens is 2. The smallest absolute Gasteiger partial charge is 0.201 e. The van der Waals surface area contributed by atoms with Gasteiger partial charge in [-0.3, -0.25) is 0 Å². The Morgan fingerprint density at radius 3 is 2.95 bits per heavy atom. The lowest BCUT2D eigenvalue weighted by Gasteiger charge is -2.15. The van der Waals surface area contributed by atoms with Crippen molar-refractivity contribution in [2.75, 3.05) is 5.73 Å². The van der Waals surface area contributed by atoms with Gasteiger partial charge in [-0.15, -0.1) is 11.3 Å². The van der Waals surface area contributed by atoms with Gasteiger partial charge in [-0.25, -0.2) is 4.98 Å². The highest BCUT2D eigenvalue weighted by Gasteiger charge is 2.14. The molecular formula is C15H17N3S. The third kappa shape index (κ3) is 2.24. The van der Waals surface area contributed by atoms with Gasteiger partial charge in [0.2, 0.25) is 5.95 Å². The molecular weight excluding hydrogens is 254 g/mol. The summed E-state index contributed by atoms with van der Waals surface area (Å²) in [7, 11) is 0. The molecule has 0 radical (unpaired) electrons. The van der Waals surface area contributed by atoms with Crippen LogP contribution < -0.4 is 5.73 Å². The van der Waals surface area contributed by atoms with Crippen molar-refractivity contribution in [2.45, 2.75) is 26.3 Å². The maximum Gasteiger partial charge on any atom is 0.201 e. The first-order chi connectivity index (χ1) is 9.15. The monoisotopic (exact) mass is 271 g/mol.